The summed E-state index contributed by atoms with van der Waals surface area (Å²) in [4.78, 5) is 118. The summed E-state index contributed by atoms with van der Waals surface area (Å²) in [5.74, 6) is -4.17. The summed E-state index contributed by atoms with van der Waals surface area (Å²) in [5.41, 5.74) is -3.41. The molecule has 0 radical (unpaired) electrons. The number of carbonyl (C=O) groups excluding carboxylic acids is 7. The van der Waals surface area contributed by atoms with E-state index in [1.54, 1.807) is 36.4 Å². The van der Waals surface area contributed by atoms with Crippen LogP contribution in [-0.4, -0.2) is 108 Å². The molecule has 4 aromatic carbocycles. The molecule has 0 spiro atoms. The Morgan fingerprint density at radius 1 is 0.938 bits per heavy atom. The second-order valence-corrected chi connectivity index (χ2v) is 18.3. The predicted molar refractivity (Wildman–Crippen MR) is 225 cm³/mol. The Labute approximate surface area is 367 Å². The third-order valence-electron chi connectivity index (χ3n) is 12.6. The molecule has 0 bridgehead atoms. The topological polar surface area (TPSA) is 249 Å². The Morgan fingerprint density at radius 2 is 1.72 bits per heavy atom. The van der Waals surface area contributed by atoms with Crippen LogP contribution in [0.2, 0.25) is 0 Å². The van der Waals surface area contributed by atoms with E-state index in [-0.39, 0.29) is 73.2 Å². The van der Waals surface area contributed by atoms with Crippen LogP contribution in [0.25, 0.3) is 21.7 Å². The van der Waals surface area contributed by atoms with E-state index in [0.29, 0.717) is 28.3 Å². The second kappa shape index (κ2) is 16.3. The van der Waals surface area contributed by atoms with E-state index in [1.165, 1.54) is 39.0 Å². The fraction of sp³-hybridized carbons (Fsp3) is 0.318. The summed E-state index contributed by atoms with van der Waals surface area (Å²) in [6.45, 7) is 1.51. The number of alkyl halides is 2. The molecule has 0 aliphatic carbocycles. The van der Waals surface area contributed by atoms with Gasteiger partial charge in [0.1, 0.15) is 18.1 Å². The van der Waals surface area contributed by atoms with Gasteiger partial charge in [0.15, 0.2) is 11.3 Å². The van der Waals surface area contributed by atoms with Crippen molar-refractivity contribution in [1.29, 1.82) is 0 Å². The number of halogens is 2. The van der Waals surface area contributed by atoms with Gasteiger partial charge >= 0.3 is 13.3 Å². The van der Waals surface area contributed by atoms with Crippen molar-refractivity contribution in [2.75, 3.05) is 18.4 Å². The van der Waals surface area contributed by atoms with Crippen LogP contribution in [0.15, 0.2) is 77.3 Å². The molecule has 5 heterocycles. The number of nitrogens with one attached hydrogen (secondary N) is 3. The average Bonchev–Trinajstić information content (AvgIpc) is 3.98. The van der Waals surface area contributed by atoms with Gasteiger partial charge in [-0.25, -0.2) is 0 Å². The highest BCUT2D eigenvalue weighted by molar-refractivity contribution is 7.52. The number of piperidine rings is 1. The van der Waals surface area contributed by atoms with Gasteiger partial charge in [-0.15, -0.1) is 0 Å². The number of anilines is 1. The fourth-order valence-electron chi connectivity index (χ4n) is 9.18. The molecule has 21 heteroatoms. The second-order valence-electron chi connectivity index (χ2n) is 16.7. The number of aryl methyl sites for hydroxylation is 1. The van der Waals surface area contributed by atoms with Gasteiger partial charge in [-0.05, 0) is 85.8 Å². The number of hydrogen-bond donors (Lipinski definition) is 5. The normalized spacial score (nSPS) is 21.5. The van der Waals surface area contributed by atoms with Gasteiger partial charge in [0.2, 0.25) is 23.6 Å². The van der Waals surface area contributed by atoms with Crippen molar-refractivity contribution >= 4 is 76.4 Å². The van der Waals surface area contributed by atoms with Crippen LogP contribution >= 0.6 is 7.60 Å². The summed E-state index contributed by atoms with van der Waals surface area (Å²) >= 11 is 0. The first kappa shape index (κ1) is 43.4. The van der Waals surface area contributed by atoms with E-state index in [9.17, 15) is 56.7 Å². The molecule has 65 heavy (non-hydrogen) atoms. The number of nitrogens with zero attached hydrogens (tertiary/aromatic N) is 4. The minimum absolute atomic E-state index is 0.00943. The zero-order chi connectivity index (χ0) is 46.1. The van der Waals surface area contributed by atoms with Gasteiger partial charge in [-0.3, -0.25) is 43.4 Å². The minimum atomic E-state index is -5.91. The highest BCUT2D eigenvalue weighted by atomic mass is 31.2. The summed E-state index contributed by atoms with van der Waals surface area (Å²) in [5, 5.41) is 12.7. The number of rotatable bonds is 8. The van der Waals surface area contributed by atoms with E-state index < -0.39 is 84.3 Å². The van der Waals surface area contributed by atoms with Crippen LogP contribution in [-0.2, 0) is 36.0 Å². The lowest BCUT2D eigenvalue weighted by molar-refractivity contribution is -0.141. The average molecular weight is 912 g/mol. The molecule has 5 N–H and O–H groups in total. The first-order valence-corrected chi connectivity index (χ1v) is 22.3. The highest BCUT2D eigenvalue weighted by Gasteiger charge is 2.51. The molecule has 5 aromatic rings. The number of benzene rings is 4. The van der Waals surface area contributed by atoms with Crippen molar-refractivity contribution in [3.05, 3.63) is 106 Å². The van der Waals surface area contributed by atoms with Gasteiger partial charge in [-0.2, -0.15) is 8.78 Å². The van der Waals surface area contributed by atoms with Crippen molar-refractivity contribution in [2.45, 2.75) is 75.4 Å². The Hall–Kier alpha value is -6.89. The molecule has 336 valence electrons. The van der Waals surface area contributed by atoms with Crippen molar-refractivity contribution in [3.63, 3.8) is 0 Å². The summed E-state index contributed by atoms with van der Waals surface area (Å²) in [7, 11) is -5.91. The zero-order valence-electron chi connectivity index (χ0n) is 34.5. The molecule has 3 saturated heterocycles. The van der Waals surface area contributed by atoms with Crippen molar-refractivity contribution in [1.82, 2.24) is 30.5 Å². The van der Waals surface area contributed by atoms with Gasteiger partial charge in [-0.1, -0.05) is 41.1 Å². The number of fused-ring (bicyclic) bond motifs is 4. The first-order chi connectivity index (χ1) is 30.9. The molecule has 4 aliphatic heterocycles. The summed E-state index contributed by atoms with van der Waals surface area (Å²) < 4.78 is 46.4. The van der Waals surface area contributed by atoms with Crippen LogP contribution < -0.4 is 16.0 Å². The van der Waals surface area contributed by atoms with E-state index in [0.717, 1.165) is 17.7 Å². The standard InChI is InChI=1S/C44H40F2N7O11P/c1-22-5-13-35-29(17-22)37(50-64-35)43(60)51-16-15-27-10-11-34(40(57)47-31-4-2-3-28-30(31)20-52(41(28)58)33-12-14-36(54)49-39(33)56)53(27)42(59)32(21-51)48-38(55)24-7-6-23-8-9-26(19-25(23)18-24)44(45,46)65(61,62)63/h2-9,13,17-19,27,32-34H,10-12,14-16,20-21H2,1H3,(H,47,57)(H,48,55)(H,49,54,56)(H2,61,62,63)/t27-,32+,33?,34+/m1/s1. The van der Waals surface area contributed by atoms with Gasteiger partial charge in [0, 0.05) is 53.5 Å². The molecule has 9 rings (SSSR count). The van der Waals surface area contributed by atoms with Crippen LogP contribution in [0.1, 0.15) is 80.0 Å². The van der Waals surface area contributed by atoms with E-state index >= 15 is 0 Å². The Morgan fingerprint density at radius 3 is 2.49 bits per heavy atom. The molecular formula is C44H40F2N7O11P. The lowest BCUT2D eigenvalue weighted by Crippen LogP contribution is -2.60. The highest BCUT2D eigenvalue weighted by Crippen LogP contribution is 2.59. The van der Waals surface area contributed by atoms with Gasteiger partial charge in [0.05, 0.1) is 11.9 Å². The number of hydrogen-bond acceptors (Lipinski definition) is 10. The number of amides is 7. The third kappa shape index (κ3) is 7.80. The van der Waals surface area contributed by atoms with Crippen LogP contribution in [0.4, 0.5) is 14.5 Å². The van der Waals surface area contributed by atoms with Gasteiger partial charge in [0.25, 0.3) is 17.7 Å². The van der Waals surface area contributed by atoms with Crippen LogP contribution in [0.3, 0.4) is 0 Å². The molecule has 4 atom stereocenters. The molecule has 0 saturated carbocycles. The van der Waals surface area contributed by atoms with E-state index in [4.69, 9.17) is 4.52 Å². The maximum absolute atomic E-state index is 14.9. The molecule has 1 unspecified atom stereocenters. The molecule has 3 fully saturated rings. The van der Waals surface area contributed by atoms with E-state index in [2.05, 4.69) is 21.1 Å². The fourth-order valence-corrected chi connectivity index (χ4v) is 9.66. The minimum Gasteiger partial charge on any atom is -0.355 e. The Balaban J connectivity index is 1.00. The molecule has 4 aliphatic rings. The largest absolute Gasteiger partial charge is 0.399 e. The van der Waals surface area contributed by atoms with Gasteiger partial charge < -0.3 is 39.6 Å². The molecular weight excluding hydrogens is 871 g/mol. The molecule has 18 nitrogen and oxygen atoms in total. The number of carbonyl (C=O) groups is 7. The zero-order valence-corrected chi connectivity index (χ0v) is 35.3. The SMILES string of the molecule is Cc1ccc2onc(C(=O)N3CC[C@H]4CC[C@@H](C(=O)Nc5cccc6c5CN(C5CCC(=O)NC5=O)C6=O)N4C(=O)[C@@H](NC(=O)c4ccc5ccc(C(F)(F)P(=O)(O)O)cc5c4)C3)c2c1. The summed E-state index contributed by atoms with van der Waals surface area (Å²) in [6, 6.07) is 12.9. The maximum atomic E-state index is 14.9. The maximum Gasteiger partial charge on any atom is 0.399 e. The van der Waals surface area contributed by atoms with Crippen molar-refractivity contribution in [3.8, 4) is 0 Å². The summed E-state index contributed by atoms with van der Waals surface area (Å²) in [6.07, 6.45) is 0.997. The van der Waals surface area contributed by atoms with Crippen LogP contribution in [0.5, 0.6) is 0 Å². The molecule has 1 aromatic heterocycles. The smallest absolute Gasteiger partial charge is 0.355 e. The number of imide groups is 1. The predicted octanol–water partition coefficient (Wildman–Crippen LogP) is 3.92. The van der Waals surface area contributed by atoms with E-state index in [1.807, 2.05) is 6.92 Å². The Bertz CT molecular complexity index is 2940. The lowest BCUT2D eigenvalue weighted by atomic mass is 10.0. The quantitative estimate of drug-likeness (QED) is 0.110. The third-order valence-corrected chi connectivity index (χ3v) is 13.6. The number of aromatic nitrogens is 1. The Kier molecular flexibility index (Phi) is 10.9. The van der Waals surface area contributed by atoms with Crippen LogP contribution in [0, 0.1) is 6.92 Å². The van der Waals surface area contributed by atoms with Crippen molar-refractivity contribution in [2.24, 2.45) is 0 Å². The first-order valence-electron chi connectivity index (χ1n) is 20.7. The molecule has 7 amide bonds. The monoisotopic (exact) mass is 911 g/mol. The van der Waals surface area contributed by atoms with Crippen molar-refractivity contribution < 1.29 is 61.2 Å². The lowest BCUT2D eigenvalue weighted by Gasteiger charge is -2.38.